The Kier molecular flexibility index (Phi) is 9.19. The van der Waals surface area contributed by atoms with Gasteiger partial charge in [-0.1, -0.05) is 44.2 Å². The zero-order valence-electron chi connectivity index (χ0n) is 24.9. The van der Waals surface area contributed by atoms with Crippen molar-refractivity contribution < 1.29 is 24.0 Å². The zero-order valence-corrected chi connectivity index (χ0v) is 24.9. The molecule has 0 spiro atoms. The number of nitro benzene ring substituents is 1. The van der Waals surface area contributed by atoms with Crippen molar-refractivity contribution in [2.45, 2.75) is 78.5 Å². The second kappa shape index (κ2) is 12.6. The van der Waals surface area contributed by atoms with E-state index in [4.69, 9.17) is 9.47 Å². The van der Waals surface area contributed by atoms with Gasteiger partial charge in [0.25, 0.3) is 11.6 Å². The molecule has 0 aromatic heterocycles. The largest absolute Gasteiger partial charge is 0.457 e. The van der Waals surface area contributed by atoms with Gasteiger partial charge in [0.1, 0.15) is 22.8 Å². The fraction of sp³-hybridized carbons (Fsp3) is 0.394. The molecule has 0 atom stereocenters. The van der Waals surface area contributed by atoms with Crippen LogP contribution in [-0.4, -0.2) is 33.5 Å². The fourth-order valence-electron chi connectivity index (χ4n) is 4.97. The van der Waals surface area contributed by atoms with Crippen molar-refractivity contribution in [1.82, 2.24) is 4.90 Å². The van der Waals surface area contributed by atoms with Crippen molar-refractivity contribution >= 4 is 23.4 Å². The second-order valence-corrected chi connectivity index (χ2v) is 12.5. The monoisotopic (exact) mass is 573 g/mol. The molecule has 1 aliphatic rings. The summed E-state index contributed by atoms with van der Waals surface area (Å²) in [6, 6.07) is 20.2. The first kappa shape index (κ1) is 30.6. The topological polar surface area (TPSA) is 111 Å². The van der Waals surface area contributed by atoms with Crippen LogP contribution in [0.4, 0.5) is 16.2 Å². The van der Waals surface area contributed by atoms with E-state index in [1.54, 1.807) is 48.5 Å². The van der Waals surface area contributed by atoms with Crippen molar-refractivity contribution in [3.8, 4) is 11.5 Å². The second-order valence-electron chi connectivity index (χ2n) is 12.5. The highest BCUT2D eigenvalue weighted by Crippen LogP contribution is 2.38. The number of carbonyl (C=O) groups is 2. The van der Waals surface area contributed by atoms with Gasteiger partial charge in [-0.2, -0.15) is 0 Å². The standard InChI is InChI=1S/C33H39N3O6/c1-32(2,3)42-31(38)35(25-17-19-33(4,5)20-18-25)22-23-11-13-26(14-12-23)41-27-15-16-28(29(21-27)36(39)40)34-30(37)24-9-7-6-8-10-24/h6-16,21,25H,17-20,22H2,1-5H3,(H,34,37). The lowest BCUT2D eigenvalue weighted by Crippen LogP contribution is -2.45. The summed E-state index contributed by atoms with van der Waals surface area (Å²) in [5.74, 6) is 0.296. The van der Waals surface area contributed by atoms with Crippen molar-refractivity contribution in [1.29, 1.82) is 0 Å². The number of anilines is 1. The molecule has 0 unspecified atom stereocenters. The van der Waals surface area contributed by atoms with E-state index in [1.165, 1.54) is 12.1 Å². The molecular weight excluding hydrogens is 534 g/mol. The first-order chi connectivity index (χ1) is 19.8. The first-order valence-electron chi connectivity index (χ1n) is 14.2. The van der Waals surface area contributed by atoms with Gasteiger partial charge in [-0.05, 0) is 93.8 Å². The van der Waals surface area contributed by atoms with Gasteiger partial charge in [0.2, 0.25) is 0 Å². The SMILES string of the molecule is CC1(C)CCC(N(Cc2ccc(Oc3ccc(NC(=O)c4ccccc4)c([N+](=O)[O-])c3)cc2)C(=O)OC(C)(C)C)CC1. The van der Waals surface area contributed by atoms with Crippen LogP contribution in [0.25, 0.3) is 0 Å². The normalized spacial score (nSPS) is 15.0. The Hall–Kier alpha value is -4.40. The molecule has 2 amide bonds. The van der Waals surface area contributed by atoms with E-state index in [-0.39, 0.29) is 34.7 Å². The molecule has 222 valence electrons. The molecule has 9 heteroatoms. The molecule has 0 saturated heterocycles. The predicted octanol–water partition coefficient (Wildman–Crippen LogP) is 8.35. The van der Waals surface area contributed by atoms with Crippen LogP contribution in [0.15, 0.2) is 72.8 Å². The number of ether oxygens (including phenoxy) is 2. The number of hydrogen-bond acceptors (Lipinski definition) is 6. The van der Waals surface area contributed by atoms with Crippen LogP contribution in [0.3, 0.4) is 0 Å². The maximum atomic E-state index is 13.2. The molecule has 42 heavy (non-hydrogen) atoms. The van der Waals surface area contributed by atoms with E-state index in [1.807, 2.05) is 37.8 Å². The van der Waals surface area contributed by atoms with Crippen molar-refractivity contribution in [2.24, 2.45) is 5.41 Å². The van der Waals surface area contributed by atoms with Crippen molar-refractivity contribution in [3.63, 3.8) is 0 Å². The van der Waals surface area contributed by atoms with E-state index in [0.717, 1.165) is 31.2 Å². The van der Waals surface area contributed by atoms with Gasteiger partial charge in [0, 0.05) is 18.2 Å². The van der Waals surface area contributed by atoms with E-state index in [9.17, 15) is 19.7 Å². The molecule has 1 fully saturated rings. The minimum Gasteiger partial charge on any atom is -0.457 e. The number of nitrogens with one attached hydrogen (secondary N) is 1. The van der Waals surface area contributed by atoms with Gasteiger partial charge in [-0.25, -0.2) is 4.79 Å². The third-order valence-electron chi connectivity index (χ3n) is 7.34. The number of hydrogen-bond donors (Lipinski definition) is 1. The molecule has 0 aliphatic heterocycles. The molecule has 4 rings (SSSR count). The Bertz CT molecular complexity index is 1400. The van der Waals surface area contributed by atoms with Crippen LogP contribution in [0.5, 0.6) is 11.5 Å². The summed E-state index contributed by atoms with van der Waals surface area (Å²) >= 11 is 0. The van der Waals surface area contributed by atoms with Gasteiger partial charge >= 0.3 is 6.09 Å². The Labute approximate surface area is 247 Å². The van der Waals surface area contributed by atoms with Crippen LogP contribution in [0.2, 0.25) is 0 Å². The Morgan fingerprint density at radius 3 is 2.19 bits per heavy atom. The number of carbonyl (C=O) groups excluding carboxylic acids is 2. The van der Waals surface area contributed by atoms with Crippen molar-refractivity contribution in [3.05, 3.63) is 94.0 Å². The first-order valence-corrected chi connectivity index (χ1v) is 14.2. The Balaban J connectivity index is 1.46. The molecule has 1 aliphatic carbocycles. The van der Waals surface area contributed by atoms with Crippen molar-refractivity contribution in [2.75, 3.05) is 5.32 Å². The van der Waals surface area contributed by atoms with E-state index in [2.05, 4.69) is 19.2 Å². The average molecular weight is 574 g/mol. The molecule has 0 radical (unpaired) electrons. The Morgan fingerprint density at radius 1 is 0.976 bits per heavy atom. The molecule has 1 saturated carbocycles. The predicted molar refractivity (Wildman–Crippen MR) is 162 cm³/mol. The maximum absolute atomic E-state index is 13.2. The highest BCUT2D eigenvalue weighted by molar-refractivity contribution is 6.05. The lowest BCUT2D eigenvalue weighted by molar-refractivity contribution is -0.384. The average Bonchev–Trinajstić information content (AvgIpc) is 2.93. The van der Waals surface area contributed by atoms with Crippen LogP contribution < -0.4 is 10.1 Å². The number of rotatable bonds is 8. The smallest absolute Gasteiger partial charge is 0.410 e. The summed E-state index contributed by atoms with van der Waals surface area (Å²) in [6.07, 6.45) is 3.62. The molecule has 0 bridgehead atoms. The summed E-state index contributed by atoms with van der Waals surface area (Å²) in [4.78, 5) is 38.7. The number of benzene rings is 3. The highest BCUT2D eigenvalue weighted by atomic mass is 16.6. The van der Waals surface area contributed by atoms with Gasteiger partial charge in [0.15, 0.2) is 0 Å². The third kappa shape index (κ3) is 8.31. The van der Waals surface area contributed by atoms with E-state index in [0.29, 0.717) is 17.9 Å². The van der Waals surface area contributed by atoms with Crippen LogP contribution in [0.1, 0.15) is 76.2 Å². The molecule has 9 nitrogen and oxygen atoms in total. The lowest BCUT2D eigenvalue weighted by Gasteiger charge is -2.40. The summed E-state index contributed by atoms with van der Waals surface area (Å²) in [7, 11) is 0. The minimum absolute atomic E-state index is 0.0740. The Morgan fingerprint density at radius 2 is 1.60 bits per heavy atom. The molecule has 3 aromatic carbocycles. The molecule has 3 aromatic rings. The molecular formula is C33H39N3O6. The van der Waals surface area contributed by atoms with Crippen LogP contribution >= 0.6 is 0 Å². The quantitative estimate of drug-likeness (QED) is 0.214. The molecule has 0 heterocycles. The van der Waals surface area contributed by atoms with E-state index < -0.39 is 16.4 Å². The van der Waals surface area contributed by atoms with Gasteiger partial charge in [0.05, 0.1) is 11.0 Å². The minimum atomic E-state index is -0.594. The summed E-state index contributed by atoms with van der Waals surface area (Å²) < 4.78 is 11.7. The summed E-state index contributed by atoms with van der Waals surface area (Å²) in [5, 5.41) is 14.4. The summed E-state index contributed by atoms with van der Waals surface area (Å²) in [6.45, 7) is 10.5. The van der Waals surface area contributed by atoms with Gasteiger partial charge < -0.3 is 19.7 Å². The third-order valence-corrected chi connectivity index (χ3v) is 7.34. The van der Waals surface area contributed by atoms with Crippen LogP contribution in [0, 0.1) is 15.5 Å². The number of nitrogens with zero attached hydrogens (tertiary/aromatic N) is 2. The summed E-state index contributed by atoms with van der Waals surface area (Å²) in [5.41, 5.74) is 0.786. The fourth-order valence-corrected chi connectivity index (χ4v) is 4.97. The number of nitro groups is 1. The highest BCUT2D eigenvalue weighted by Gasteiger charge is 2.34. The molecule has 1 N–H and O–H groups in total. The maximum Gasteiger partial charge on any atom is 0.410 e. The van der Waals surface area contributed by atoms with Gasteiger partial charge in [-0.3, -0.25) is 14.9 Å². The lowest BCUT2D eigenvalue weighted by atomic mass is 9.75. The zero-order chi connectivity index (χ0) is 30.5. The number of amides is 2. The van der Waals surface area contributed by atoms with Crippen LogP contribution in [-0.2, 0) is 11.3 Å². The van der Waals surface area contributed by atoms with E-state index >= 15 is 0 Å². The van der Waals surface area contributed by atoms with Gasteiger partial charge in [-0.15, -0.1) is 0 Å².